The van der Waals surface area contributed by atoms with Crippen LogP contribution in [0.15, 0.2) is 47.4 Å². The third kappa shape index (κ3) is 6.06. The number of benzene rings is 2. The number of anilines is 2. The highest BCUT2D eigenvalue weighted by molar-refractivity contribution is 7.92. The van der Waals surface area contributed by atoms with Gasteiger partial charge in [0.2, 0.25) is 5.91 Å². The summed E-state index contributed by atoms with van der Waals surface area (Å²) < 4.78 is 38.9. The molecule has 2 aromatic rings. The highest BCUT2D eigenvalue weighted by Gasteiger charge is 2.29. The standard InChI is InChI=1S/C27H39N3O5S/c1-6-8-9-21(7-2)27(31)30-18-16-29(17-19-30)25-20-24(14-15-26(25)35-5)36(32,33)28(3)22-10-12-23(34-4)13-11-22/h10-15,20-21H,6-9,16-19H2,1-5H3. The van der Waals surface area contributed by atoms with Crippen molar-refractivity contribution in [3.05, 3.63) is 42.5 Å². The van der Waals surface area contributed by atoms with Crippen LogP contribution in [0.1, 0.15) is 39.5 Å². The van der Waals surface area contributed by atoms with Gasteiger partial charge < -0.3 is 19.3 Å². The molecule has 0 aliphatic carbocycles. The van der Waals surface area contributed by atoms with Gasteiger partial charge in [-0.1, -0.05) is 26.7 Å². The van der Waals surface area contributed by atoms with Crippen molar-refractivity contribution in [3.63, 3.8) is 0 Å². The van der Waals surface area contributed by atoms with Crippen LogP contribution >= 0.6 is 0 Å². The second-order valence-electron chi connectivity index (χ2n) is 9.06. The number of nitrogens with zero attached hydrogens (tertiary/aromatic N) is 3. The van der Waals surface area contributed by atoms with Crippen LogP contribution in [-0.2, 0) is 14.8 Å². The first-order chi connectivity index (χ1) is 17.3. The molecule has 0 bridgehead atoms. The molecule has 1 atom stereocenters. The molecule has 1 heterocycles. The highest BCUT2D eigenvalue weighted by Crippen LogP contribution is 2.34. The van der Waals surface area contributed by atoms with Crippen molar-refractivity contribution >= 4 is 27.3 Å². The average Bonchev–Trinajstić information content (AvgIpc) is 2.92. The number of carbonyl (C=O) groups excluding carboxylic acids is 1. The maximum Gasteiger partial charge on any atom is 0.264 e. The maximum absolute atomic E-state index is 13.4. The quantitative estimate of drug-likeness (QED) is 0.440. The Labute approximate surface area is 215 Å². The minimum Gasteiger partial charge on any atom is -0.497 e. The molecular formula is C27H39N3O5S. The summed E-state index contributed by atoms with van der Waals surface area (Å²) in [4.78, 5) is 17.3. The van der Waals surface area contributed by atoms with Crippen LogP contribution in [0, 0.1) is 5.92 Å². The Morgan fingerprint density at radius 2 is 1.67 bits per heavy atom. The van der Waals surface area contributed by atoms with Crippen LogP contribution in [0.4, 0.5) is 11.4 Å². The Kier molecular flexibility index (Phi) is 9.48. The summed E-state index contributed by atoms with van der Waals surface area (Å²) >= 11 is 0. The zero-order chi connectivity index (χ0) is 26.3. The molecular weight excluding hydrogens is 478 g/mol. The third-order valence-corrected chi connectivity index (χ3v) is 8.71. The van der Waals surface area contributed by atoms with Gasteiger partial charge >= 0.3 is 0 Å². The lowest BCUT2D eigenvalue weighted by Gasteiger charge is -2.38. The van der Waals surface area contributed by atoms with Crippen molar-refractivity contribution in [2.24, 2.45) is 5.92 Å². The number of sulfonamides is 1. The molecule has 0 spiro atoms. The summed E-state index contributed by atoms with van der Waals surface area (Å²) in [6.07, 6.45) is 3.94. The van der Waals surface area contributed by atoms with Gasteiger partial charge in [0.1, 0.15) is 11.5 Å². The lowest BCUT2D eigenvalue weighted by molar-refractivity contribution is -0.136. The molecule has 198 valence electrons. The second kappa shape index (κ2) is 12.3. The van der Waals surface area contributed by atoms with Crippen LogP contribution in [0.2, 0.25) is 0 Å². The zero-order valence-corrected chi connectivity index (χ0v) is 22.9. The summed E-state index contributed by atoms with van der Waals surface area (Å²) in [5, 5.41) is 0. The highest BCUT2D eigenvalue weighted by atomic mass is 32.2. The van der Waals surface area contributed by atoms with E-state index in [1.165, 1.54) is 11.4 Å². The lowest BCUT2D eigenvalue weighted by atomic mass is 9.97. The number of ether oxygens (including phenoxy) is 2. The molecule has 36 heavy (non-hydrogen) atoms. The van der Waals surface area contributed by atoms with E-state index in [2.05, 4.69) is 18.7 Å². The Hall–Kier alpha value is -2.94. The minimum atomic E-state index is -3.80. The van der Waals surface area contributed by atoms with Gasteiger partial charge in [-0.05, 0) is 55.3 Å². The Balaban J connectivity index is 1.78. The van der Waals surface area contributed by atoms with Gasteiger partial charge in [-0.25, -0.2) is 8.42 Å². The number of carbonyl (C=O) groups is 1. The van der Waals surface area contributed by atoms with E-state index in [1.54, 1.807) is 56.7 Å². The third-order valence-electron chi connectivity index (χ3n) is 6.92. The summed E-state index contributed by atoms with van der Waals surface area (Å²) in [6.45, 7) is 6.66. The van der Waals surface area contributed by atoms with Crippen LogP contribution in [0.5, 0.6) is 11.5 Å². The summed E-state index contributed by atoms with van der Waals surface area (Å²) in [6, 6.07) is 11.8. The molecule has 0 aromatic heterocycles. The maximum atomic E-state index is 13.4. The largest absolute Gasteiger partial charge is 0.497 e. The number of rotatable bonds is 11. The van der Waals surface area contributed by atoms with E-state index < -0.39 is 10.0 Å². The zero-order valence-electron chi connectivity index (χ0n) is 22.1. The number of unbranched alkanes of at least 4 members (excludes halogenated alkanes) is 1. The van der Waals surface area contributed by atoms with Crippen molar-refractivity contribution in [1.82, 2.24) is 4.90 Å². The van der Waals surface area contributed by atoms with E-state index in [4.69, 9.17) is 9.47 Å². The van der Waals surface area contributed by atoms with Crippen LogP contribution < -0.4 is 18.7 Å². The molecule has 0 saturated carbocycles. The fourth-order valence-electron chi connectivity index (χ4n) is 4.55. The number of hydrogen-bond donors (Lipinski definition) is 0. The number of methoxy groups -OCH3 is 2. The molecule has 3 rings (SSSR count). The van der Waals surface area contributed by atoms with E-state index in [-0.39, 0.29) is 16.7 Å². The fraction of sp³-hybridized carbons (Fsp3) is 0.519. The topological polar surface area (TPSA) is 79.4 Å². The predicted octanol–water partition coefficient (Wildman–Crippen LogP) is 4.39. The molecule has 8 nitrogen and oxygen atoms in total. The van der Waals surface area contributed by atoms with E-state index in [1.807, 2.05) is 4.90 Å². The Morgan fingerprint density at radius 1 is 1.00 bits per heavy atom. The van der Waals surface area contributed by atoms with Crippen molar-refractivity contribution in [3.8, 4) is 11.5 Å². The molecule has 1 fully saturated rings. The van der Waals surface area contributed by atoms with Crippen LogP contribution in [0.3, 0.4) is 0 Å². The van der Waals surface area contributed by atoms with Crippen molar-refractivity contribution < 1.29 is 22.7 Å². The van der Waals surface area contributed by atoms with E-state index in [0.717, 1.165) is 25.7 Å². The molecule has 1 aliphatic rings. The van der Waals surface area contributed by atoms with E-state index in [0.29, 0.717) is 49.1 Å². The SMILES string of the molecule is CCCCC(CC)C(=O)N1CCN(c2cc(S(=O)(=O)N(C)c3ccc(OC)cc3)ccc2OC)CC1. The molecule has 2 aromatic carbocycles. The fourth-order valence-corrected chi connectivity index (χ4v) is 5.76. The van der Waals surface area contributed by atoms with Gasteiger partial charge in [-0.3, -0.25) is 9.10 Å². The first kappa shape index (κ1) is 27.6. The van der Waals surface area contributed by atoms with Gasteiger partial charge in [0.05, 0.1) is 30.5 Å². The molecule has 1 unspecified atom stereocenters. The normalized spacial score (nSPS) is 14.9. The van der Waals surface area contributed by atoms with Crippen molar-refractivity contribution in [1.29, 1.82) is 0 Å². The van der Waals surface area contributed by atoms with Crippen molar-refractivity contribution in [2.45, 2.75) is 44.4 Å². The number of amides is 1. The summed E-state index contributed by atoms with van der Waals surface area (Å²) in [5.74, 6) is 1.57. The molecule has 1 aliphatic heterocycles. The lowest BCUT2D eigenvalue weighted by Crippen LogP contribution is -2.50. The smallest absolute Gasteiger partial charge is 0.264 e. The predicted molar refractivity (Wildman–Crippen MR) is 144 cm³/mol. The first-order valence-corrected chi connectivity index (χ1v) is 14.1. The van der Waals surface area contributed by atoms with Gasteiger partial charge in [0.25, 0.3) is 10.0 Å². The number of piperazine rings is 1. The van der Waals surface area contributed by atoms with E-state index >= 15 is 0 Å². The summed E-state index contributed by atoms with van der Waals surface area (Å²) in [5.41, 5.74) is 1.25. The van der Waals surface area contributed by atoms with Gasteiger partial charge in [0.15, 0.2) is 0 Å². The first-order valence-electron chi connectivity index (χ1n) is 12.6. The molecule has 0 N–H and O–H groups in total. The van der Waals surface area contributed by atoms with Crippen molar-refractivity contribution in [2.75, 3.05) is 56.7 Å². The number of hydrogen-bond acceptors (Lipinski definition) is 6. The molecule has 1 saturated heterocycles. The Morgan fingerprint density at radius 3 is 2.22 bits per heavy atom. The average molecular weight is 518 g/mol. The van der Waals surface area contributed by atoms with Crippen LogP contribution in [0.25, 0.3) is 0 Å². The van der Waals surface area contributed by atoms with E-state index in [9.17, 15) is 13.2 Å². The molecule has 0 radical (unpaired) electrons. The Bertz CT molecular complexity index is 1110. The van der Waals surface area contributed by atoms with Gasteiger partial charge in [-0.2, -0.15) is 0 Å². The summed E-state index contributed by atoms with van der Waals surface area (Å²) in [7, 11) is 0.883. The minimum absolute atomic E-state index is 0.0769. The molecule has 9 heteroatoms. The molecule has 1 amide bonds. The second-order valence-corrected chi connectivity index (χ2v) is 11.0. The van der Waals surface area contributed by atoms with Gasteiger partial charge in [-0.15, -0.1) is 0 Å². The van der Waals surface area contributed by atoms with Gasteiger partial charge in [0, 0.05) is 39.1 Å². The van der Waals surface area contributed by atoms with Crippen LogP contribution in [-0.4, -0.2) is 66.7 Å². The monoisotopic (exact) mass is 517 g/mol.